The number of diazo groups is 1. The number of benzene rings is 2. The van der Waals surface area contributed by atoms with Gasteiger partial charge in [-0.15, -0.1) is 0 Å². The Bertz CT molecular complexity index is 651. The molecular weight excluding hydrogens is 278 g/mol. The van der Waals surface area contributed by atoms with Gasteiger partial charge < -0.3 is 5.11 Å². The summed E-state index contributed by atoms with van der Waals surface area (Å²) in [6.45, 7) is 0. The van der Waals surface area contributed by atoms with Crippen LogP contribution in [0.25, 0.3) is 4.98 Å². The van der Waals surface area contributed by atoms with Crippen molar-refractivity contribution in [3.8, 4) is 0 Å². The first-order chi connectivity index (χ1) is 10.7. The van der Waals surface area contributed by atoms with Crippen molar-refractivity contribution in [3.05, 3.63) is 77.6 Å². The number of hydrogen-bond acceptors (Lipinski definition) is 3. The van der Waals surface area contributed by atoms with Crippen molar-refractivity contribution in [1.29, 1.82) is 5.39 Å². The van der Waals surface area contributed by atoms with Crippen LogP contribution in [0.2, 0.25) is 0 Å². The largest absolute Gasteiger partial charge is 0.505 e. The topological polar surface area (TPSA) is 68.7 Å². The summed E-state index contributed by atoms with van der Waals surface area (Å²) in [5.74, 6) is -0.299. The van der Waals surface area contributed by atoms with Crippen LogP contribution in [0.4, 0.5) is 11.4 Å². The highest BCUT2D eigenvalue weighted by atomic mass is 16.3. The van der Waals surface area contributed by atoms with Gasteiger partial charge in [0.15, 0.2) is 10.7 Å². The molecule has 0 spiro atoms. The van der Waals surface area contributed by atoms with Gasteiger partial charge in [0.1, 0.15) is 0 Å². The Labute approximate surface area is 128 Å². The van der Waals surface area contributed by atoms with Crippen LogP contribution in [-0.4, -0.2) is 11.0 Å². The predicted octanol–water partition coefficient (Wildman–Crippen LogP) is 4.38. The van der Waals surface area contributed by atoms with E-state index in [4.69, 9.17) is 5.39 Å². The van der Waals surface area contributed by atoms with Crippen LogP contribution in [0.15, 0.2) is 72.6 Å². The molecule has 2 aromatic rings. The minimum Gasteiger partial charge on any atom is -0.505 e. The molecule has 5 nitrogen and oxygen atoms in total. The summed E-state index contributed by atoms with van der Waals surface area (Å²) in [6.07, 6.45) is 1.13. The van der Waals surface area contributed by atoms with Crippen LogP contribution < -0.4 is 4.90 Å². The first kappa shape index (κ1) is 15.3. The van der Waals surface area contributed by atoms with Crippen molar-refractivity contribution in [2.75, 3.05) is 4.90 Å². The fraction of sp³-hybridized carbons (Fsp3) is 0.118. The zero-order valence-electron chi connectivity index (χ0n) is 12.0. The molecule has 2 aromatic carbocycles. The van der Waals surface area contributed by atoms with Gasteiger partial charge in [-0.2, -0.15) is 0 Å². The number of hydrogen-bond donors (Lipinski definition) is 1. The summed E-state index contributed by atoms with van der Waals surface area (Å²) in [5.41, 5.74) is 1.52. The van der Waals surface area contributed by atoms with E-state index in [0.717, 1.165) is 17.6 Å². The first-order valence-corrected chi connectivity index (χ1v) is 6.87. The fourth-order valence-corrected chi connectivity index (χ4v) is 2.07. The SMILES string of the molecule is N#[N+]/C=C(/O)CCC(=O)N(c1ccccc1)c1ccccc1. The third-order valence-corrected chi connectivity index (χ3v) is 3.08. The zero-order chi connectivity index (χ0) is 15.8. The fourth-order valence-electron chi connectivity index (χ4n) is 2.07. The maximum absolute atomic E-state index is 12.5. The molecule has 0 aliphatic carbocycles. The number of carbonyl (C=O) groups excluding carboxylic acids is 1. The molecule has 1 amide bonds. The van der Waals surface area contributed by atoms with E-state index in [0.29, 0.717) is 0 Å². The number of anilines is 2. The van der Waals surface area contributed by atoms with Gasteiger partial charge in [-0.05, 0) is 24.3 Å². The number of allylic oxidation sites excluding steroid dienone is 1. The molecule has 110 valence electrons. The zero-order valence-corrected chi connectivity index (χ0v) is 12.0. The minimum absolute atomic E-state index is 0.0989. The summed E-state index contributed by atoms with van der Waals surface area (Å²) in [5, 5.41) is 17.8. The summed E-state index contributed by atoms with van der Waals surface area (Å²) in [4.78, 5) is 16.9. The number of carbonyl (C=O) groups is 1. The van der Waals surface area contributed by atoms with E-state index in [2.05, 4.69) is 4.98 Å². The Morgan fingerprint density at radius 3 is 1.95 bits per heavy atom. The quantitative estimate of drug-likeness (QED) is 0.657. The van der Waals surface area contributed by atoms with Gasteiger partial charge in [0.05, 0.1) is 0 Å². The van der Waals surface area contributed by atoms with E-state index in [1.165, 1.54) is 0 Å². The standard InChI is InChI=1S/C17H15N3O2/c18-19-13-16(21)11-12-17(22)20(14-7-3-1-4-8-14)15-9-5-2-6-10-15/h1-10,13H,11-12H2/p+1/b16-13+. The molecule has 0 aliphatic rings. The number of para-hydroxylation sites is 2. The highest BCUT2D eigenvalue weighted by Crippen LogP contribution is 2.26. The Morgan fingerprint density at radius 1 is 1.00 bits per heavy atom. The van der Waals surface area contributed by atoms with Crippen LogP contribution in [0.3, 0.4) is 0 Å². The lowest BCUT2D eigenvalue weighted by Gasteiger charge is -2.23. The van der Waals surface area contributed by atoms with Gasteiger partial charge in [-0.3, -0.25) is 9.69 Å². The monoisotopic (exact) mass is 294 g/mol. The van der Waals surface area contributed by atoms with Crippen molar-refractivity contribution in [1.82, 2.24) is 0 Å². The Morgan fingerprint density at radius 2 is 1.50 bits per heavy atom. The molecular formula is C17H16N3O2+. The minimum atomic E-state index is -0.157. The second-order valence-electron chi connectivity index (χ2n) is 4.64. The lowest BCUT2D eigenvalue weighted by molar-refractivity contribution is -0.118. The molecule has 22 heavy (non-hydrogen) atoms. The summed E-state index contributed by atoms with van der Waals surface area (Å²) >= 11 is 0. The molecule has 0 bridgehead atoms. The van der Waals surface area contributed by atoms with Gasteiger partial charge in [0.2, 0.25) is 11.3 Å². The van der Waals surface area contributed by atoms with Crippen LogP contribution in [0.1, 0.15) is 12.8 Å². The summed E-state index contributed by atoms with van der Waals surface area (Å²) in [6, 6.07) is 18.6. The molecule has 0 aromatic heterocycles. The van der Waals surface area contributed by atoms with E-state index in [1.807, 2.05) is 60.7 Å². The summed E-state index contributed by atoms with van der Waals surface area (Å²) < 4.78 is 0. The van der Waals surface area contributed by atoms with Crippen molar-refractivity contribution >= 4 is 17.3 Å². The molecule has 5 heteroatoms. The lowest BCUT2D eigenvalue weighted by atomic mass is 10.2. The second-order valence-corrected chi connectivity index (χ2v) is 4.64. The molecule has 0 heterocycles. The molecule has 2 rings (SSSR count). The molecule has 0 fully saturated rings. The van der Waals surface area contributed by atoms with Crippen LogP contribution in [0.5, 0.6) is 0 Å². The first-order valence-electron chi connectivity index (χ1n) is 6.87. The van der Waals surface area contributed by atoms with Crippen LogP contribution in [0, 0.1) is 5.39 Å². The Kier molecular flexibility index (Phi) is 5.27. The Hall–Kier alpha value is -3.13. The van der Waals surface area contributed by atoms with E-state index in [9.17, 15) is 9.90 Å². The van der Waals surface area contributed by atoms with Crippen molar-refractivity contribution < 1.29 is 9.90 Å². The third kappa shape index (κ3) is 3.93. The van der Waals surface area contributed by atoms with Crippen LogP contribution in [-0.2, 0) is 4.79 Å². The molecule has 0 saturated heterocycles. The Balaban J connectivity index is 2.24. The maximum Gasteiger partial charge on any atom is 0.387 e. The molecule has 0 aliphatic heterocycles. The van der Waals surface area contributed by atoms with Gasteiger partial charge >= 0.3 is 6.20 Å². The van der Waals surface area contributed by atoms with Gasteiger partial charge in [-0.1, -0.05) is 36.4 Å². The molecule has 0 radical (unpaired) electrons. The number of aliphatic hydroxyl groups is 1. The maximum atomic E-state index is 12.5. The molecule has 0 atom stereocenters. The second kappa shape index (κ2) is 7.60. The number of amides is 1. The highest BCUT2D eigenvalue weighted by Gasteiger charge is 2.18. The normalized spacial score (nSPS) is 10.8. The van der Waals surface area contributed by atoms with Crippen molar-refractivity contribution in [2.45, 2.75) is 12.8 Å². The smallest absolute Gasteiger partial charge is 0.387 e. The molecule has 0 unspecified atom stereocenters. The van der Waals surface area contributed by atoms with Crippen molar-refractivity contribution in [2.24, 2.45) is 0 Å². The van der Waals surface area contributed by atoms with Gasteiger partial charge in [0.25, 0.3) is 0 Å². The third-order valence-electron chi connectivity index (χ3n) is 3.08. The number of nitrogens with zero attached hydrogens (tertiary/aromatic N) is 3. The average Bonchev–Trinajstić information content (AvgIpc) is 2.55. The van der Waals surface area contributed by atoms with E-state index >= 15 is 0 Å². The predicted molar refractivity (Wildman–Crippen MR) is 85.1 cm³/mol. The van der Waals surface area contributed by atoms with E-state index in [1.54, 1.807) is 4.90 Å². The number of rotatable bonds is 5. The van der Waals surface area contributed by atoms with Crippen LogP contribution >= 0.6 is 0 Å². The van der Waals surface area contributed by atoms with E-state index in [-0.39, 0.29) is 24.5 Å². The summed E-state index contributed by atoms with van der Waals surface area (Å²) in [7, 11) is 0. The van der Waals surface area contributed by atoms with Gasteiger partial charge in [-0.25, -0.2) is 0 Å². The van der Waals surface area contributed by atoms with E-state index < -0.39 is 0 Å². The van der Waals surface area contributed by atoms with Crippen molar-refractivity contribution in [3.63, 3.8) is 0 Å². The molecule has 1 N–H and O–H groups in total. The van der Waals surface area contributed by atoms with Gasteiger partial charge in [0, 0.05) is 24.2 Å². The number of aliphatic hydroxyl groups excluding tert-OH is 1. The lowest BCUT2D eigenvalue weighted by Crippen LogP contribution is -2.25. The molecule has 0 saturated carbocycles. The highest BCUT2D eigenvalue weighted by molar-refractivity contribution is 6.00. The average molecular weight is 294 g/mol.